The number of aromatic nitrogens is 2. The maximum atomic E-state index is 11.5. The second-order valence-corrected chi connectivity index (χ2v) is 3.89. The van der Waals surface area contributed by atoms with Crippen molar-refractivity contribution in [3.8, 4) is 0 Å². The van der Waals surface area contributed by atoms with E-state index in [1.807, 2.05) is 0 Å². The molecule has 4 atom stereocenters. The van der Waals surface area contributed by atoms with Gasteiger partial charge in [0.05, 0.1) is 12.1 Å². The minimum Gasteiger partial charge on any atom is -0.390 e. The third-order valence-electron chi connectivity index (χ3n) is 2.83. The van der Waals surface area contributed by atoms with Crippen LogP contribution < -0.4 is 11.4 Å². The topological polar surface area (TPSA) is 122 Å². The van der Waals surface area contributed by atoms with Crippen LogP contribution in [0.5, 0.6) is 0 Å². The van der Waals surface area contributed by atoms with Gasteiger partial charge in [-0.05, 0) is 12.5 Å². The Bertz CT molecular complexity index is 447. The number of aliphatic hydroxyl groups is 3. The van der Waals surface area contributed by atoms with Crippen molar-refractivity contribution in [1.82, 2.24) is 9.55 Å². The molecule has 1 aromatic rings. The lowest BCUT2D eigenvalue weighted by atomic mass is 10.2. The molecule has 0 saturated heterocycles. The van der Waals surface area contributed by atoms with Crippen molar-refractivity contribution >= 4 is 5.82 Å². The zero-order valence-electron chi connectivity index (χ0n) is 8.39. The van der Waals surface area contributed by atoms with Crippen LogP contribution in [0.25, 0.3) is 0 Å². The van der Waals surface area contributed by atoms with E-state index in [0.29, 0.717) is 0 Å². The molecular formula is C9H13N3O4. The molecular weight excluding hydrogens is 214 g/mol. The van der Waals surface area contributed by atoms with Crippen molar-refractivity contribution in [2.45, 2.75) is 30.8 Å². The number of nitrogen functional groups attached to an aromatic ring is 1. The molecule has 88 valence electrons. The Balaban J connectivity index is 2.35. The summed E-state index contributed by atoms with van der Waals surface area (Å²) in [7, 11) is 0. The maximum Gasteiger partial charge on any atom is 0.349 e. The minimum absolute atomic E-state index is 0.0924. The van der Waals surface area contributed by atoms with Crippen LogP contribution in [0.3, 0.4) is 0 Å². The molecule has 2 rings (SSSR count). The molecule has 0 radical (unpaired) electrons. The largest absolute Gasteiger partial charge is 0.390 e. The van der Waals surface area contributed by atoms with Crippen molar-refractivity contribution < 1.29 is 15.3 Å². The second kappa shape index (κ2) is 3.85. The minimum atomic E-state index is -1.24. The summed E-state index contributed by atoms with van der Waals surface area (Å²) in [6.07, 6.45) is -1.96. The van der Waals surface area contributed by atoms with E-state index in [9.17, 15) is 20.1 Å². The molecule has 0 spiro atoms. The predicted octanol–water partition coefficient (Wildman–Crippen LogP) is -2.15. The van der Waals surface area contributed by atoms with Crippen LogP contribution in [0.2, 0.25) is 0 Å². The highest BCUT2D eigenvalue weighted by Gasteiger charge is 2.41. The first-order valence-electron chi connectivity index (χ1n) is 4.89. The number of aliphatic hydroxyl groups excluding tert-OH is 3. The number of rotatable bonds is 1. The van der Waals surface area contributed by atoms with Crippen LogP contribution in [0.15, 0.2) is 17.1 Å². The summed E-state index contributed by atoms with van der Waals surface area (Å²) in [5.74, 6) is 0.0924. The van der Waals surface area contributed by atoms with Crippen LogP contribution >= 0.6 is 0 Å². The Hall–Kier alpha value is -1.44. The van der Waals surface area contributed by atoms with E-state index in [2.05, 4.69) is 4.98 Å². The Labute approximate surface area is 90.8 Å². The smallest absolute Gasteiger partial charge is 0.349 e. The summed E-state index contributed by atoms with van der Waals surface area (Å²) < 4.78 is 1.17. The fourth-order valence-electron chi connectivity index (χ4n) is 1.94. The Morgan fingerprint density at radius 3 is 2.56 bits per heavy atom. The Morgan fingerprint density at radius 2 is 2.06 bits per heavy atom. The Kier molecular flexibility index (Phi) is 2.66. The van der Waals surface area contributed by atoms with Crippen LogP contribution in [-0.2, 0) is 0 Å². The van der Waals surface area contributed by atoms with E-state index in [1.54, 1.807) is 0 Å². The number of nitrogens with zero attached hydrogens (tertiary/aromatic N) is 2. The highest BCUT2D eigenvalue weighted by atomic mass is 16.4. The fourth-order valence-corrected chi connectivity index (χ4v) is 1.94. The van der Waals surface area contributed by atoms with E-state index in [0.717, 1.165) is 0 Å². The molecule has 1 aromatic heterocycles. The monoisotopic (exact) mass is 227 g/mol. The quantitative estimate of drug-likeness (QED) is 0.434. The lowest BCUT2D eigenvalue weighted by Gasteiger charge is -2.17. The summed E-state index contributed by atoms with van der Waals surface area (Å²) in [6, 6.07) is 0.746. The molecule has 1 aliphatic rings. The zero-order chi connectivity index (χ0) is 11.9. The van der Waals surface area contributed by atoms with Gasteiger partial charge >= 0.3 is 5.69 Å². The van der Waals surface area contributed by atoms with Crippen molar-refractivity contribution in [3.05, 3.63) is 22.7 Å². The molecule has 5 N–H and O–H groups in total. The molecule has 1 fully saturated rings. The van der Waals surface area contributed by atoms with E-state index in [-0.39, 0.29) is 12.2 Å². The number of hydrogen-bond acceptors (Lipinski definition) is 6. The summed E-state index contributed by atoms with van der Waals surface area (Å²) in [6.45, 7) is 0. The molecule has 1 aliphatic carbocycles. The van der Waals surface area contributed by atoms with Crippen molar-refractivity contribution in [2.75, 3.05) is 5.73 Å². The van der Waals surface area contributed by atoms with Crippen molar-refractivity contribution in [1.29, 1.82) is 0 Å². The van der Waals surface area contributed by atoms with Crippen molar-refractivity contribution in [2.24, 2.45) is 0 Å². The van der Waals surface area contributed by atoms with Gasteiger partial charge in [-0.3, -0.25) is 4.57 Å². The van der Waals surface area contributed by atoms with E-state index in [1.165, 1.54) is 16.8 Å². The highest BCUT2D eigenvalue weighted by Crippen LogP contribution is 2.29. The molecule has 7 nitrogen and oxygen atoms in total. The maximum absolute atomic E-state index is 11.5. The number of anilines is 1. The number of hydrogen-bond donors (Lipinski definition) is 4. The molecule has 16 heavy (non-hydrogen) atoms. The summed E-state index contributed by atoms with van der Waals surface area (Å²) in [5, 5.41) is 28.4. The molecule has 0 bridgehead atoms. The molecule has 0 amide bonds. The average Bonchev–Trinajstić information content (AvgIpc) is 2.46. The second-order valence-electron chi connectivity index (χ2n) is 3.89. The van der Waals surface area contributed by atoms with Gasteiger partial charge in [-0.25, -0.2) is 4.79 Å². The third kappa shape index (κ3) is 1.69. The summed E-state index contributed by atoms with van der Waals surface area (Å²) in [4.78, 5) is 15.0. The first-order chi connectivity index (χ1) is 7.50. The summed E-state index contributed by atoms with van der Waals surface area (Å²) in [5.41, 5.74) is 4.72. The standard InChI is InChI=1S/C9H13N3O4/c10-6-1-2-12(9(16)11-6)4-3-5(13)8(15)7(4)14/h1-2,4-5,7-8,13-15H,3H2,(H2,10,11,16)/t4-,5+,7+,8-/m1/s1. The molecule has 7 heteroatoms. The van der Waals surface area contributed by atoms with Gasteiger partial charge in [0.25, 0.3) is 0 Å². The van der Waals surface area contributed by atoms with Gasteiger partial charge in [0, 0.05) is 6.20 Å². The lowest BCUT2D eigenvalue weighted by molar-refractivity contribution is -0.0249. The lowest BCUT2D eigenvalue weighted by Crippen LogP contribution is -2.35. The first-order valence-corrected chi connectivity index (χ1v) is 4.89. The molecule has 1 saturated carbocycles. The van der Waals surface area contributed by atoms with E-state index >= 15 is 0 Å². The zero-order valence-corrected chi connectivity index (χ0v) is 8.39. The van der Waals surface area contributed by atoms with Crippen LogP contribution in [-0.4, -0.2) is 43.2 Å². The molecule has 0 aliphatic heterocycles. The van der Waals surface area contributed by atoms with Crippen LogP contribution in [0, 0.1) is 0 Å². The third-order valence-corrected chi connectivity index (χ3v) is 2.83. The fraction of sp³-hybridized carbons (Fsp3) is 0.556. The summed E-state index contributed by atoms with van der Waals surface area (Å²) >= 11 is 0. The first kappa shape index (κ1) is 11.1. The van der Waals surface area contributed by atoms with Gasteiger partial charge in [-0.1, -0.05) is 0 Å². The molecule has 1 heterocycles. The predicted molar refractivity (Wildman–Crippen MR) is 54.6 cm³/mol. The van der Waals surface area contributed by atoms with Gasteiger partial charge in [0.1, 0.15) is 18.0 Å². The Morgan fingerprint density at radius 1 is 1.38 bits per heavy atom. The van der Waals surface area contributed by atoms with Crippen LogP contribution in [0.4, 0.5) is 5.82 Å². The normalized spacial score (nSPS) is 34.2. The van der Waals surface area contributed by atoms with Crippen molar-refractivity contribution in [3.63, 3.8) is 0 Å². The van der Waals surface area contributed by atoms with Gasteiger partial charge in [0.15, 0.2) is 0 Å². The van der Waals surface area contributed by atoms with Gasteiger partial charge in [-0.15, -0.1) is 0 Å². The van der Waals surface area contributed by atoms with Gasteiger partial charge in [0.2, 0.25) is 0 Å². The highest BCUT2D eigenvalue weighted by molar-refractivity contribution is 5.23. The van der Waals surface area contributed by atoms with Crippen LogP contribution in [0.1, 0.15) is 12.5 Å². The van der Waals surface area contributed by atoms with Gasteiger partial charge in [-0.2, -0.15) is 4.98 Å². The van der Waals surface area contributed by atoms with E-state index in [4.69, 9.17) is 5.73 Å². The SMILES string of the molecule is Nc1ccn([C@@H]2C[C@H](O)[C@@H](O)[C@H]2O)c(=O)n1. The number of nitrogens with two attached hydrogens (primary N) is 1. The van der Waals surface area contributed by atoms with Gasteiger partial charge < -0.3 is 21.1 Å². The molecule has 0 aromatic carbocycles. The average molecular weight is 227 g/mol. The molecule has 0 unspecified atom stereocenters. The van der Waals surface area contributed by atoms with E-state index < -0.39 is 30.0 Å².